The van der Waals surface area contributed by atoms with E-state index in [1.807, 2.05) is 24.3 Å². The number of hydrogen-bond acceptors (Lipinski definition) is 2. The zero-order valence-corrected chi connectivity index (χ0v) is 12.0. The smallest absolute Gasteiger partial charge is 0.132 e. The van der Waals surface area contributed by atoms with Crippen molar-refractivity contribution in [1.29, 1.82) is 0 Å². The second-order valence-corrected chi connectivity index (χ2v) is 5.19. The molecule has 0 heterocycles. The van der Waals surface area contributed by atoms with E-state index >= 15 is 0 Å². The predicted octanol–water partition coefficient (Wildman–Crippen LogP) is 4.22. The molecule has 0 saturated carbocycles. The topological polar surface area (TPSA) is 29.5 Å². The Bertz CT molecular complexity index is 553. The highest BCUT2D eigenvalue weighted by molar-refractivity contribution is 9.10. The van der Waals surface area contributed by atoms with Crippen LogP contribution in [-0.2, 0) is 6.61 Å². The summed E-state index contributed by atoms with van der Waals surface area (Å²) in [7, 11) is 0. The number of halogens is 2. The Morgan fingerprint density at radius 3 is 2.47 bits per heavy atom. The lowest BCUT2D eigenvalue weighted by Crippen LogP contribution is -1.99. The van der Waals surface area contributed by atoms with Crippen LogP contribution in [0, 0.1) is 5.82 Å². The maximum atomic E-state index is 13.6. The van der Waals surface area contributed by atoms with Crippen molar-refractivity contribution < 1.29 is 14.2 Å². The summed E-state index contributed by atoms with van der Waals surface area (Å²) < 4.78 is 20.1. The minimum atomic E-state index is -0.819. The van der Waals surface area contributed by atoms with E-state index in [1.165, 1.54) is 19.1 Å². The molecule has 0 saturated heterocycles. The van der Waals surface area contributed by atoms with Crippen molar-refractivity contribution in [2.75, 3.05) is 0 Å². The summed E-state index contributed by atoms with van der Waals surface area (Å²) in [6, 6.07) is 12.2. The fourth-order valence-electron chi connectivity index (χ4n) is 1.68. The van der Waals surface area contributed by atoms with E-state index in [-0.39, 0.29) is 5.56 Å². The van der Waals surface area contributed by atoms with Gasteiger partial charge in [0.1, 0.15) is 18.2 Å². The van der Waals surface area contributed by atoms with Crippen LogP contribution in [-0.4, -0.2) is 5.11 Å². The van der Waals surface area contributed by atoms with Gasteiger partial charge in [-0.15, -0.1) is 0 Å². The molecule has 19 heavy (non-hydrogen) atoms. The van der Waals surface area contributed by atoms with Crippen molar-refractivity contribution >= 4 is 15.9 Å². The summed E-state index contributed by atoms with van der Waals surface area (Å²) >= 11 is 3.36. The van der Waals surface area contributed by atoms with Crippen molar-refractivity contribution in [3.8, 4) is 5.75 Å². The third-order valence-electron chi connectivity index (χ3n) is 2.74. The van der Waals surface area contributed by atoms with Gasteiger partial charge in [-0.05, 0) is 36.8 Å². The minimum Gasteiger partial charge on any atom is -0.489 e. The van der Waals surface area contributed by atoms with E-state index in [4.69, 9.17) is 4.74 Å². The Morgan fingerprint density at radius 2 is 1.89 bits per heavy atom. The van der Waals surface area contributed by atoms with Gasteiger partial charge >= 0.3 is 0 Å². The van der Waals surface area contributed by atoms with Crippen LogP contribution in [0.2, 0.25) is 0 Å². The maximum Gasteiger partial charge on any atom is 0.132 e. The lowest BCUT2D eigenvalue weighted by molar-refractivity contribution is 0.194. The third-order valence-corrected chi connectivity index (χ3v) is 3.27. The largest absolute Gasteiger partial charge is 0.489 e. The monoisotopic (exact) mass is 324 g/mol. The molecule has 0 spiro atoms. The van der Waals surface area contributed by atoms with E-state index in [1.54, 1.807) is 6.07 Å². The summed E-state index contributed by atoms with van der Waals surface area (Å²) in [4.78, 5) is 0. The molecule has 0 radical (unpaired) electrons. The van der Waals surface area contributed by atoms with E-state index in [2.05, 4.69) is 15.9 Å². The highest BCUT2D eigenvalue weighted by Crippen LogP contribution is 2.22. The van der Waals surface area contributed by atoms with Crippen molar-refractivity contribution in [2.45, 2.75) is 19.6 Å². The summed E-state index contributed by atoms with van der Waals surface area (Å²) in [5, 5.41) is 9.34. The molecule has 4 heteroatoms. The third kappa shape index (κ3) is 3.78. The molecule has 2 aromatic rings. The number of ether oxygens (including phenoxy) is 1. The van der Waals surface area contributed by atoms with Crippen molar-refractivity contribution in [3.05, 3.63) is 63.9 Å². The van der Waals surface area contributed by atoms with Crippen LogP contribution in [0.1, 0.15) is 24.2 Å². The van der Waals surface area contributed by atoms with Gasteiger partial charge in [0.05, 0.1) is 6.10 Å². The minimum absolute atomic E-state index is 0.274. The molecular weight excluding hydrogens is 311 g/mol. The number of hydrogen-bond donors (Lipinski definition) is 1. The molecule has 2 aromatic carbocycles. The Morgan fingerprint density at radius 1 is 1.21 bits per heavy atom. The molecule has 2 nitrogen and oxygen atoms in total. The predicted molar refractivity (Wildman–Crippen MR) is 75.5 cm³/mol. The molecule has 0 unspecified atom stereocenters. The fraction of sp³-hybridized carbons (Fsp3) is 0.200. The van der Waals surface area contributed by atoms with Crippen LogP contribution in [0.25, 0.3) is 0 Å². The first-order valence-corrected chi connectivity index (χ1v) is 6.70. The van der Waals surface area contributed by atoms with Crippen LogP contribution >= 0.6 is 15.9 Å². The van der Waals surface area contributed by atoms with Crippen LogP contribution in [0.15, 0.2) is 46.9 Å². The average Bonchev–Trinajstić information content (AvgIpc) is 2.37. The molecule has 0 aliphatic heterocycles. The molecule has 0 fully saturated rings. The standard InChI is InChI=1S/C15H14BrFO2/c1-10(18)14-7-6-13(8-15(14)17)19-9-11-2-4-12(16)5-3-11/h2-8,10,18H,9H2,1H3/t10-/m1/s1. The molecule has 0 bridgehead atoms. The van der Waals surface area contributed by atoms with Crippen LogP contribution in [0.5, 0.6) is 5.75 Å². The Hall–Kier alpha value is -1.39. The van der Waals surface area contributed by atoms with Gasteiger partial charge in [0.2, 0.25) is 0 Å². The van der Waals surface area contributed by atoms with E-state index in [0.717, 1.165) is 10.0 Å². The van der Waals surface area contributed by atoms with Crippen molar-refractivity contribution in [2.24, 2.45) is 0 Å². The van der Waals surface area contributed by atoms with Gasteiger partial charge in [-0.25, -0.2) is 4.39 Å². The molecule has 0 amide bonds. The lowest BCUT2D eigenvalue weighted by Gasteiger charge is -2.10. The summed E-state index contributed by atoms with van der Waals surface area (Å²) in [6.07, 6.45) is -0.819. The first kappa shape index (κ1) is 14.0. The second-order valence-electron chi connectivity index (χ2n) is 4.27. The van der Waals surface area contributed by atoms with E-state index in [9.17, 15) is 9.50 Å². The second kappa shape index (κ2) is 6.17. The molecule has 1 N–H and O–H groups in total. The molecule has 0 aliphatic carbocycles. The van der Waals surface area contributed by atoms with Gasteiger partial charge in [0, 0.05) is 16.1 Å². The van der Waals surface area contributed by atoms with Gasteiger partial charge in [0.15, 0.2) is 0 Å². The number of benzene rings is 2. The Labute approximate surface area is 120 Å². The average molecular weight is 325 g/mol. The number of aliphatic hydroxyl groups is 1. The number of aliphatic hydroxyl groups excluding tert-OH is 1. The van der Waals surface area contributed by atoms with E-state index < -0.39 is 11.9 Å². The zero-order valence-electron chi connectivity index (χ0n) is 10.4. The summed E-state index contributed by atoms with van der Waals surface area (Å²) in [5.41, 5.74) is 1.28. The highest BCUT2D eigenvalue weighted by atomic mass is 79.9. The Kier molecular flexibility index (Phi) is 4.56. The molecular formula is C15H14BrFO2. The number of rotatable bonds is 4. The van der Waals surface area contributed by atoms with Crippen LogP contribution in [0.4, 0.5) is 4.39 Å². The van der Waals surface area contributed by atoms with Gasteiger partial charge < -0.3 is 9.84 Å². The van der Waals surface area contributed by atoms with E-state index in [0.29, 0.717) is 12.4 Å². The van der Waals surface area contributed by atoms with Gasteiger partial charge in [0.25, 0.3) is 0 Å². The summed E-state index contributed by atoms with van der Waals surface area (Å²) in [5.74, 6) is -0.00637. The van der Waals surface area contributed by atoms with Gasteiger partial charge in [-0.2, -0.15) is 0 Å². The molecule has 2 rings (SSSR count). The normalized spacial score (nSPS) is 12.2. The quantitative estimate of drug-likeness (QED) is 0.912. The highest BCUT2D eigenvalue weighted by Gasteiger charge is 2.09. The van der Waals surface area contributed by atoms with Gasteiger partial charge in [-0.3, -0.25) is 0 Å². The zero-order chi connectivity index (χ0) is 13.8. The lowest BCUT2D eigenvalue weighted by atomic mass is 10.1. The molecule has 1 atom stereocenters. The summed E-state index contributed by atoms with van der Waals surface area (Å²) in [6.45, 7) is 1.90. The first-order valence-electron chi connectivity index (χ1n) is 5.91. The molecule has 0 aromatic heterocycles. The SMILES string of the molecule is C[C@@H](O)c1ccc(OCc2ccc(Br)cc2)cc1F. The van der Waals surface area contributed by atoms with Crippen LogP contribution in [0.3, 0.4) is 0 Å². The molecule has 0 aliphatic rings. The van der Waals surface area contributed by atoms with Gasteiger partial charge in [-0.1, -0.05) is 28.1 Å². The van der Waals surface area contributed by atoms with Crippen molar-refractivity contribution in [3.63, 3.8) is 0 Å². The molecule has 100 valence electrons. The van der Waals surface area contributed by atoms with Crippen LogP contribution < -0.4 is 4.74 Å². The maximum absolute atomic E-state index is 13.6. The fourth-order valence-corrected chi connectivity index (χ4v) is 1.95. The van der Waals surface area contributed by atoms with Crippen molar-refractivity contribution in [1.82, 2.24) is 0 Å². The Balaban J connectivity index is 2.04. The first-order chi connectivity index (χ1) is 9.06.